The van der Waals surface area contributed by atoms with Gasteiger partial charge in [0, 0.05) is 45.9 Å². The van der Waals surface area contributed by atoms with Crippen molar-refractivity contribution in [1.82, 2.24) is 10.2 Å². The van der Waals surface area contributed by atoms with E-state index in [0.29, 0.717) is 12.2 Å². The monoisotopic (exact) mass is 544 g/mol. The Bertz CT molecular complexity index is 685. The molecule has 2 saturated heterocycles. The summed E-state index contributed by atoms with van der Waals surface area (Å²) >= 11 is 0. The predicted molar refractivity (Wildman–Crippen MR) is 135 cm³/mol. The number of carbonyl (C=O) groups is 1. The van der Waals surface area contributed by atoms with E-state index < -0.39 is 0 Å². The number of carbonyl (C=O) groups excluding carboxylic acids is 1. The second kappa shape index (κ2) is 13.9. The maximum Gasteiger partial charge on any atom is 0.221 e. The Hall–Kier alpha value is -1.39. The van der Waals surface area contributed by atoms with Crippen molar-refractivity contribution in [3.8, 4) is 0 Å². The lowest BCUT2D eigenvalue weighted by atomic mass is 10.1. The Morgan fingerprint density at radius 1 is 1.19 bits per heavy atom. The van der Waals surface area contributed by atoms with Crippen LogP contribution in [0, 0.1) is 0 Å². The Morgan fingerprint density at radius 2 is 1.94 bits per heavy atom. The molecule has 174 valence electrons. The molecule has 8 heteroatoms. The quantitative estimate of drug-likeness (QED) is 0.313. The summed E-state index contributed by atoms with van der Waals surface area (Å²) in [5, 5.41) is 6.27. The molecule has 0 aliphatic carbocycles. The van der Waals surface area contributed by atoms with Gasteiger partial charge in [-0.05, 0) is 56.2 Å². The minimum Gasteiger partial charge on any atom is -0.376 e. The summed E-state index contributed by atoms with van der Waals surface area (Å²) in [6, 6.07) is 7.98. The largest absolute Gasteiger partial charge is 0.376 e. The second-order valence-electron chi connectivity index (χ2n) is 8.11. The van der Waals surface area contributed by atoms with Gasteiger partial charge >= 0.3 is 0 Å². The fraction of sp³-hybridized carbons (Fsp3) is 0.652. The summed E-state index contributed by atoms with van der Waals surface area (Å²) in [5.74, 6) is 0.906. The summed E-state index contributed by atoms with van der Waals surface area (Å²) in [6.45, 7) is 5.88. The number of hydrogen-bond acceptors (Lipinski definition) is 4. The normalized spacial score (nSPS) is 20.1. The number of nitrogens with zero attached hydrogens (tertiary/aromatic N) is 2. The summed E-state index contributed by atoms with van der Waals surface area (Å²) in [6.07, 6.45) is 7.14. The summed E-state index contributed by atoms with van der Waals surface area (Å²) in [4.78, 5) is 17.9. The Kier molecular flexibility index (Phi) is 11.6. The zero-order valence-corrected chi connectivity index (χ0v) is 21.1. The van der Waals surface area contributed by atoms with Crippen LogP contribution in [0.5, 0.6) is 0 Å². The van der Waals surface area contributed by atoms with E-state index in [2.05, 4.69) is 32.7 Å². The average Bonchev–Trinajstić information content (AvgIpc) is 2.77. The van der Waals surface area contributed by atoms with Gasteiger partial charge in [0.2, 0.25) is 5.91 Å². The summed E-state index contributed by atoms with van der Waals surface area (Å²) in [7, 11) is 1.84. The zero-order chi connectivity index (χ0) is 21.2. The molecule has 2 aliphatic rings. The van der Waals surface area contributed by atoms with Crippen molar-refractivity contribution in [2.24, 2.45) is 4.99 Å². The van der Waals surface area contributed by atoms with E-state index in [-0.39, 0.29) is 29.9 Å². The van der Waals surface area contributed by atoms with Gasteiger partial charge in [0.05, 0.1) is 18.8 Å². The number of anilines is 1. The van der Waals surface area contributed by atoms with E-state index in [4.69, 9.17) is 9.47 Å². The molecular weight excluding hydrogens is 507 g/mol. The molecule has 1 atom stereocenters. The van der Waals surface area contributed by atoms with Crippen LogP contribution in [0.15, 0.2) is 29.3 Å². The molecular formula is C23H37IN4O3. The topological polar surface area (TPSA) is 75.2 Å². The molecule has 2 heterocycles. The van der Waals surface area contributed by atoms with Gasteiger partial charge < -0.3 is 25.0 Å². The number of aliphatic imine (C=N–C) groups is 1. The number of likely N-dealkylation sites (tertiary alicyclic amines) is 1. The first-order valence-electron chi connectivity index (χ1n) is 11.2. The molecule has 3 rings (SSSR count). The number of ether oxygens (including phenoxy) is 2. The average molecular weight is 544 g/mol. The van der Waals surface area contributed by atoms with Crippen molar-refractivity contribution >= 4 is 41.5 Å². The molecule has 2 aliphatic heterocycles. The van der Waals surface area contributed by atoms with Crippen LogP contribution < -0.4 is 10.6 Å². The van der Waals surface area contributed by atoms with Gasteiger partial charge in [-0.2, -0.15) is 0 Å². The third kappa shape index (κ3) is 8.94. The highest BCUT2D eigenvalue weighted by Gasteiger charge is 2.23. The van der Waals surface area contributed by atoms with Gasteiger partial charge in [-0.15, -0.1) is 24.0 Å². The first-order valence-corrected chi connectivity index (χ1v) is 11.2. The first kappa shape index (κ1) is 25.9. The highest BCUT2D eigenvalue weighted by molar-refractivity contribution is 14.0. The van der Waals surface area contributed by atoms with Crippen molar-refractivity contribution < 1.29 is 14.3 Å². The van der Waals surface area contributed by atoms with E-state index in [9.17, 15) is 4.79 Å². The Labute approximate surface area is 203 Å². The fourth-order valence-electron chi connectivity index (χ4n) is 4.03. The van der Waals surface area contributed by atoms with Crippen LogP contribution in [0.25, 0.3) is 0 Å². The third-order valence-electron chi connectivity index (χ3n) is 5.72. The van der Waals surface area contributed by atoms with E-state index in [1.807, 2.05) is 19.2 Å². The number of guanidine groups is 1. The van der Waals surface area contributed by atoms with Crippen LogP contribution in [0.3, 0.4) is 0 Å². The van der Waals surface area contributed by atoms with Crippen LogP contribution in [-0.4, -0.2) is 68.9 Å². The van der Waals surface area contributed by atoms with E-state index in [0.717, 1.165) is 70.2 Å². The molecule has 31 heavy (non-hydrogen) atoms. The second-order valence-corrected chi connectivity index (χ2v) is 8.11. The lowest BCUT2D eigenvalue weighted by Gasteiger charge is -2.35. The van der Waals surface area contributed by atoms with E-state index in [1.165, 1.54) is 25.3 Å². The smallest absolute Gasteiger partial charge is 0.221 e. The molecule has 2 fully saturated rings. The van der Waals surface area contributed by atoms with Gasteiger partial charge in [-0.25, -0.2) is 0 Å². The number of amides is 1. The molecule has 0 spiro atoms. The third-order valence-corrected chi connectivity index (χ3v) is 5.72. The summed E-state index contributed by atoms with van der Waals surface area (Å²) in [5.41, 5.74) is 2.05. The fourth-order valence-corrected chi connectivity index (χ4v) is 4.03. The van der Waals surface area contributed by atoms with Crippen LogP contribution in [-0.2, 0) is 20.7 Å². The van der Waals surface area contributed by atoms with Crippen molar-refractivity contribution in [2.75, 3.05) is 45.2 Å². The maximum atomic E-state index is 11.1. The van der Waals surface area contributed by atoms with Crippen LogP contribution in [0.4, 0.5) is 5.69 Å². The molecule has 0 saturated carbocycles. The highest BCUT2D eigenvalue weighted by atomic mass is 127. The number of nitrogens with one attached hydrogen (secondary N) is 2. The highest BCUT2D eigenvalue weighted by Crippen LogP contribution is 2.18. The number of rotatable bonds is 7. The van der Waals surface area contributed by atoms with Gasteiger partial charge in [0.15, 0.2) is 5.96 Å². The van der Waals surface area contributed by atoms with Gasteiger partial charge in [-0.3, -0.25) is 9.79 Å². The molecule has 7 nitrogen and oxygen atoms in total. The number of hydrogen-bond donors (Lipinski definition) is 2. The maximum absolute atomic E-state index is 11.1. The number of halogens is 1. The van der Waals surface area contributed by atoms with Crippen LogP contribution in [0.2, 0.25) is 0 Å². The Morgan fingerprint density at radius 3 is 2.55 bits per heavy atom. The van der Waals surface area contributed by atoms with Crippen LogP contribution in [0.1, 0.15) is 44.6 Å². The standard InChI is InChI=1S/C23H36N4O3.HI/c1-18(28)26-20-8-6-19(7-9-20)10-13-25-23(24-2)27-14-11-21(12-15-27)30-17-22-5-3-4-16-29-22;/h6-9,21-22H,3-5,10-17H2,1-2H3,(H,24,25)(H,26,28);1H. The Balaban J connectivity index is 0.00000341. The summed E-state index contributed by atoms with van der Waals surface area (Å²) < 4.78 is 11.9. The minimum absolute atomic E-state index is 0. The van der Waals surface area contributed by atoms with Crippen LogP contribution >= 0.6 is 24.0 Å². The van der Waals surface area contributed by atoms with E-state index in [1.54, 1.807) is 0 Å². The van der Waals surface area contributed by atoms with Crippen molar-refractivity contribution in [2.45, 2.75) is 57.7 Å². The van der Waals surface area contributed by atoms with Crippen molar-refractivity contribution in [3.63, 3.8) is 0 Å². The molecule has 0 aromatic heterocycles. The SMILES string of the molecule is CN=C(NCCc1ccc(NC(C)=O)cc1)N1CCC(OCC2CCCCO2)CC1.I. The molecule has 1 aromatic rings. The lowest BCUT2D eigenvalue weighted by molar-refractivity contribution is -0.114. The molecule has 0 bridgehead atoms. The van der Waals surface area contributed by atoms with Gasteiger partial charge in [0.25, 0.3) is 0 Å². The molecule has 1 amide bonds. The molecule has 1 aromatic carbocycles. The van der Waals surface area contributed by atoms with Crippen molar-refractivity contribution in [3.05, 3.63) is 29.8 Å². The molecule has 0 radical (unpaired) electrons. The van der Waals surface area contributed by atoms with E-state index >= 15 is 0 Å². The zero-order valence-electron chi connectivity index (χ0n) is 18.8. The van der Waals surface area contributed by atoms with Crippen molar-refractivity contribution in [1.29, 1.82) is 0 Å². The number of piperidine rings is 1. The van der Waals surface area contributed by atoms with Gasteiger partial charge in [-0.1, -0.05) is 12.1 Å². The first-order chi connectivity index (χ1) is 14.6. The lowest BCUT2D eigenvalue weighted by Crippen LogP contribution is -2.47. The molecule has 1 unspecified atom stereocenters. The number of benzene rings is 1. The van der Waals surface area contributed by atoms with Gasteiger partial charge in [0.1, 0.15) is 0 Å². The minimum atomic E-state index is -0.0512. The molecule has 2 N–H and O–H groups in total. The predicted octanol–water partition coefficient (Wildman–Crippen LogP) is 3.43.